The second-order valence-electron chi connectivity index (χ2n) is 5.85. The van der Waals surface area contributed by atoms with Gasteiger partial charge in [-0.15, -0.1) is 0 Å². The Hall–Kier alpha value is -2.43. The molecule has 0 aromatic carbocycles. The third-order valence-electron chi connectivity index (χ3n) is 3.61. The zero-order chi connectivity index (χ0) is 19.7. The van der Waals surface area contributed by atoms with Gasteiger partial charge in [-0.2, -0.15) is 0 Å². The fraction of sp³-hybridized carbons (Fsp3) is 0.588. The molecule has 27 heavy (non-hydrogen) atoms. The number of nitrogens with zero attached hydrogens (tertiary/aromatic N) is 2. The summed E-state index contributed by atoms with van der Waals surface area (Å²) in [6, 6.07) is 2.84. The first kappa shape index (κ1) is 20.9. The van der Waals surface area contributed by atoms with E-state index in [9.17, 15) is 15.0 Å². The molecule has 0 fully saturated rings. The topological polar surface area (TPSA) is 132 Å². The lowest BCUT2D eigenvalue weighted by Crippen LogP contribution is -2.45. The highest BCUT2D eigenvalue weighted by molar-refractivity contribution is 5.98. The van der Waals surface area contributed by atoms with Gasteiger partial charge in [-0.05, 0) is 13.0 Å². The van der Waals surface area contributed by atoms with Crippen LogP contribution in [0.3, 0.4) is 0 Å². The molecule has 0 amide bonds. The van der Waals surface area contributed by atoms with Crippen LogP contribution < -0.4 is 9.84 Å². The lowest BCUT2D eigenvalue weighted by atomic mass is 10.1. The predicted octanol–water partition coefficient (Wildman–Crippen LogP) is -0.869. The number of hydrogen-bond donors (Lipinski definition) is 1. The maximum atomic E-state index is 11.1. The number of carboxylic acids is 1. The Morgan fingerprint density at radius 2 is 1.89 bits per heavy atom. The quantitative estimate of drug-likeness (QED) is 0.457. The van der Waals surface area contributed by atoms with Crippen LogP contribution in [0.1, 0.15) is 12.6 Å². The van der Waals surface area contributed by atoms with Crippen molar-refractivity contribution in [3.05, 3.63) is 17.8 Å². The van der Waals surface area contributed by atoms with E-state index in [2.05, 4.69) is 9.98 Å². The number of hydrogen-bond acceptors (Lipinski definition) is 10. The van der Waals surface area contributed by atoms with Crippen LogP contribution in [0.4, 0.5) is 0 Å². The number of aliphatic imine (C=N–C) groups is 1. The van der Waals surface area contributed by atoms with Crippen LogP contribution in [0.5, 0.6) is 11.6 Å². The van der Waals surface area contributed by atoms with Gasteiger partial charge in [0.25, 0.3) is 0 Å². The SMILES string of the molecule is COCCOCCOCCOc1ccc(O)c(C2=N[C@@](C)(C(=O)[O-])CO2)n1. The molecule has 150 valence electrons. The highest BCUT2D eigenvalue weighted by Crippen LogP contribution is 2.26. The Morgan fingerprint density at radius 1 is 1.22 bits per heavy atom. The Kier molecular flexibility index (Phi) is 7.77. The minimum Gasteiger partial charge on any atom is -0.547 e. The van der Waals surface area contributed by atoms with Gasteiger partial charge in [-0.3, -0.25) is 0 Å². The molecule has 1 aromatic rings. The van der Waals surface area contributed by atoms with Crippen LogP contribution in [0, 0.1) is 0 Å². The molecule has 0 aliphatic carbocycles. The summed E-state index contributed by atoms with van der Waals surface area (Å²) in [6.45, 7) is 3.66. The normalized spacial score (nSPS) is 18.8. The average molecular weight is 383 g/mol. The summed E-state index contributed by atoms with van der Waals surface area (Å²) >= 11 is 0. The second-order valence-corrected chi connectivity index (χ2v) is 5.85. The molecule has 10 heteroatoms. The highest BCUT2D eigenvalue weighted by atomic mass is 16.6. The average Bonchev–Trinajstić information content (AvgIpc) is 3.05. The zero-order valence-corrected chi connectivity index (χ0v) is 15.3. The standard InChI is InChI=1S/C17H24N2O8/c1-17(16(21)22)11-27-15(19-17)14-12(20)3-4-13(18-14)26-10-9-25-8-7-24-6-5-23-2/h3-4,20H,5-11H2,1-2H3,(H,21,22)/p-1/t17-/m1/s1. The molecule has 0 saturated carbocycles. The molecule has 0 saturated heterocycles. The number of pyridine rings is 1. The van der Waals surface area contributed by atoms with E-state index in [1.165, 1.54) is 19.1 Å². The summed E-state index contributed by atoms with van der Waals surface area (Å²) in [7, 11) is 1.60. The summed E-state index contributed by atoms with van der Waals surface area (Å²) in [5.41, 5.74) is -1.51. The molecule has 0 spiro atoms. The molecule has 1 atom stereocenters. The third-order valence-corrected chi connectivity index (χ3v) is 3.61. The molecule has 1 aliphatic heterocycles. The van der Waals surface area contributed by atoms with Crippen molar-refractivity contribution in [3.63, 3.8) is 0 Å². The summed E-state index contributed by atoms with van der Waals surface area (Å²) in [6.07, 6.45) is 0. The Labute approximate surface area is 156 Å². The summed E-state index contributed by atoms with van der Waals surface area (Å²) < 4.78 is 26.2. The lowest BCUT2D eigenvalue weighted by molar-refractivity contribution is -0.312. The van der Waals surface area contributed by atoms with Crippen LogP contribution >= 0.6 is 0 Å². The van der Waals surface area contributed by atoms with E-state index in [-0.39, 0.29) is 36.4 Å². The molecule has 0 unspecified atom stereocenters. The molecule has 0 radical (unpaired) electrons. The summed E-state index contributed by atoms with van der Waals surface area (Å²) in [5, 5.41) is 21.1. The summed E-state index contributed by atoms with van der Waals surface area (Å²) in [5.74, 6) is -1.42. The van der Waals surface area contributed by atoms with E-state index in [4.69, 9.17) is 23.7 Å². The van der Waals surface area contributed by atoms with Crippen molar-refractivity contribution in [1.29, 1.82) is 0 Å². The molecule has 1 N–H and O–H groups in total. The van der Waals surface area contributed by atoms with Gasteiger partial charge in [0.2, 0.25) is 11.8 Å². The van der Waals surface area contributed by atoms with E-state index < -0.39 is 11.5 Å². The van der Waals surface area contributed by atoms with Gasteiger partial charge in [-0.25, -0.2) is 9.98 Å². The van der Waals surface area contributed by atoms with Gasteiger partial charge in [0.15, 0.2) is 5.69 Å². The van der Waals surface area contributed by atoms with Crippen molar-refractivity contribution in [2.24, 2.45) is 4.99 Å². The van der Waals surface area contributed by atoms with Gasteiger partial charge in [0.1, 0.15) is 24.5 Å². The van der Waals surface area contributed by atoms with Crippen molar-refractivity contribution >= 4 is 11.9 Å². The van der Waals surface area contributed by atoms with E-state index in [1.807, 2.05) is 0 Å². The monoisotopic (exact) mass is 383 g/mol. The molecule has 2 heterocycles. The van der Waals surface area contributed by atoms with E-state index in [0.29, 0.717) is 33.0 Å². The first-order valence-corrected chi connectivity index (χ1v) is 8.38. The third kappa shape index (κ3) is 6.05. The Bertz CT molecular complexity index is 666. The van der Waals surface area contributed by atoms with E-state index in [1.54, 1.807) is 7.11 Å². The molecule has 0 bridgehead atoms. The second kappa shape index (κ2) is 10.0. The smallest absolute Gasteiger partial charge is 0.240 e. The molecular formula is C17H23N2O8-. The first-order chi connectivity index (χ1) is 13.0. The van der Waals surface area contributed by atoms with Crippen LogP contribution in [0.2, 0.25) is 0 Å². The lowest BCUT2D eigenvalue weighted by Gasteiger charge is -2.18. The van der Waals surface area contributed by atoms with Gasteiger partial charge in [-0.1, -0.05) is 0 Å². The number of aromatic nitrogens is 1. The molecule has 1 aliphatic rings. The number of aliphatic carboxylic acids is 1. The van der Waals surface area contributed by atoms with Gasteiger partial charge < -0.3 is 38.7 Å². The maximum Gasteiger partial charge on any atom is 0.240 e. The van der Waals surface area contributed by atoms with Crippen molar-refractivity contribution in [3.8, 4) is 11.6 Å². The number of rotatable bonds is 12. The minimum absolute atomic E-state index is 0.00457. The number of carbonyl (C=O) groups is 1. The number of carboxylic acid groups (broad SMARTS) is 1. The number of aromatic hydroxyl groups is 1. The minimum atomic E-state index is -1.51. The van der Waals surface area contributed by atoms with Crippen LogP contribution in [-0.4, -0.2) is 80.9 Å². The predicted molar refractivity (Wildman–Crippen MR) is 90.8 cm³/mol. The van der Waals surface area contributed by atoms with Crippen LogP contribution in [0.15, 0.2) is 17.1 Å². The van der Waals surface area contributed by atoms with Gasteiger partial charge >= 0.3 is 0 Å². The highest BCUT2D eigenvalue weighted by Gasteiger charge is 2.35. The Balaban J connectivity index is 1.81. The number of ether oxygens (including phenoxy) is 5. The Morgan fingerprint density at radius 3 is 2.52 bits per heavy atom. The van der Waals surface area contributed by atoms with Crippen LogP contribution in [0.25, 0.3) is 0 Å². The first-order valence-electron chi connectivity index (χ1n) is 8.38. The molecule has 10 nitrogen and oxygen atoms in total. The van der Waals surface area contributed by atoms with Gasteiger partial charge in [0.05, 0.1) is 39.0 Å². The molecular weight excluding hydrogens is 360 g/mol. The van der Waals surface area contributed by atoms with Crippen LogP contribution in [-0.2, 0) is 23.7 Å². The van der Waals surface area contributed by atoms with E-state index >= 15 is 0 Å². The fourth-order valence-electron chi connectivity index (χ4n) is 2.06. The van der Waals surface area contributed by atoms with E-state index in [0.717, 1.165) is 0 Å². The number of methoxy groups -OCH3 is 1. The molecule has 2 rings (SSSR count). The van der Waals surface area contributed by atoms with Crippen molar-refractivity contribution in [1.82, 2.24) is 4.98 Å². The maximum absolute atomic E-state index is 11.1. The summed E-state index contributed by atoms with van der Waals surface area (Å²) in [4.78, 5) is 19.2. The largest absolute Gasteiger partial charge is 0.547 e. The van der Waals surface area contributed by atoms with Crippen molar-refractivity contribution < 1.29 is 38.7 Å². The van der Waals surface area contributed by atoms with Crippen molar-refractivity contribution in [2.75, 3.05) is 53.4 Å². The zero-order valence-electron chi connectivity index (χ0n) is 15.3. The molecule has 1 aromatic heterocycles. The van der Waals surface area contributed by atoms with Crippen molar-refractivity contribution in [2.45, 2.75) is 12.5 Å². The fourth-order valence-corrected chi connectivity index (χ4v) is 2.06. The van der Waals surface area contributed by atoms with Gasteiger partial charge in [0, 0.05) is 13.2 Å². The number of carbonyl (C=O) groups excluding carboxylic acids is 1.